The van der Waals surface area contributed by atoms with Gasteiger partial charge in [-0.2, -0.15) is 0 Å². The molecular weight excluding hydrogens is 228 g/mol. The fraction of sp³-hybridized carbons (Fsp3) is 1.00. The first-order chi connectivity index (χ1) is 7.58. The maximum atomic E-state index is 11.3. The van der Waals surface area contributed by atoms with Crippen LogP contribution in [0.2, 0.25) is 0 Å². The maximum absolute atomic E-state index is 11.3. The number of sulfonamides is 1. The molecule has 0 bridgehead atoms. The summed E-state index contributed by atoms with van der Waals surface area (Å²) in [5.41, 5.74) is 0.0116. The predicted molar refractivity (Wildman–Crippen MR) is 61.7 cm³/mol. The third kappa shape index (κ3) is 2.40. The van der Waals surface area contributed by atoms with E-state index >= 15 is 0 Å². The van der Waals surface area contributed by atoms with Crippen molar-refractivity contribution in [3.8, 4) is 0 Å². The topological polar surface area (TPSA) is 67.4 Å². The monoisotopic (exact) mass is 248 g/mol. The fourth-order valence-corrected chi connectivity index (χ4v) is 3.08. The number of hydrogen-bond acceptors (Lipinski definition) is 4. The van der Waals surface area contributed by atoms with Gasteiger partial charge in [0.1, 0.15) is 0 Å². The molecule has 0 saturated carbocycles. The van der Waals surface area contributed by atoms with Crippen molar-refractivity contribution in [1.29, 1.82) is 0 Å². The van der Waals surface area contributed by atoms with Crippen molar-refractivity contribution in [3.05, 3.63) is 0 Å². The van der Waals surface area contributed by atoms with Crippen LogP contribution in [0.4, 0.5) is 0 Å². The van der Waals surface area contributed by atoms with Crippen molar-refractivity contribution in [3.63, 3.8) is 0 Å². The molecule has 94 valence electrons. The highest BCUT2D eigenvalue weighted by Gasteiger charge is 2.48. The van der Waals surface area contributed by atoms with Gasteiger partial charge in [0.15, 0.2) is 0 Å². The standard InChI is InChI=1S/C10H20N2O3S/c1-2-16(13,14)12-5-3-9-4-6-15-10(9)7-11-8-10/h9,11-12H,2-8H2,1H3. The predicted octanol–water partition coefficient (Wildman–Crippen LogP) is -0.306. The van der Waals surface area contributed by atoms with Gasteiger partial charge in [-0.15, -0.1) is 0 Å². The Morgan fingerprint density at radius 2 is 2.25 bits per heavy atom. The van der Waals surface area contributed by atoms with E-state index in [-0.39, 0.29) is 11.4 Å². The normalized spacial score (nSPS) is 28.2. The van der Waals surface area contributed by atoms with Crippen LogP contribution in [0.1, 0.15) is 19.8 Å². The molecule has 2 fully saturated rings. The molecule has 6 heteroatoms. The molecule has 2 rings (SSSR count). The van der Waals surface area contributed by atoms with Gasteiger partial charge in [0.25, 0.3) is 0 Å². The van der Waals surface area contributed by atoms with Crippen LogP contribution in [0.15, 0.2) is 0 Å². The summed E-state index contributed by atoms with van der Waals surface area (Å²) in [6, 6.07) is 0. The summed E-state index contributed by atoms with van der Waals surface area (Å²) in [6.45, 7) is 4.83. The molecule has 1 atom stereocenters. The molecule has 1 unspecified atom stereocenters. The zero-order chi connectivity index (χ0) is 11.6. The van der Waals surface area contributed by atoms with Crippen molar-refractivity contribution in [2.24, 2.45) is 5.92 Å². The van der Waals surface area contributed by atoms with E-state index in [2.05, 4.69) is 10.0 Å². The second kappa shape index (κ2) is 4.60. The highest BCUT2D eigenvalue weighted by molar-refractivity contribution is 7.89. The van der Waals surface area contributed by atoms with Gasteiger partial charge in [0.2, 0.25) is 10.0 Å². The molecule has 0 amide bonds. The van der Waals surface area contributed by atoms with Crippen molar-refractivity contribution < 1.29 is 13.2 Å². The minimum atomic E-state index is -3.04. The molecule has 2 heterocycles. The van der Waals surface area contributed by atoms with Crippen LogP contribution in [0, 0.1) is 5.92 Å². The highest BCUT2D eigenvalue weighted by atomic mass is 32.2. The highest BCUT2D eigenvalue weighted by Crippen LogP contribution is 2.37. The quantitative estimate of drug-likeness (QED) is 0.700. The summed E-state index contributed by atoms with van der Waals surface area (Å²) in [6.07, 6.45) is 1.93. The van der Waals surface area contributed by atoms with Gasteiger partial charge in [-0.1, -0.05) is 0 Å². The summed E-state index contributed by atoms with van der Waals surface area (Å²) in [5.74, 6) is 0.647. The summed E-state index contributed by atoms with van der Waals surface area (Å²) in [7, 11) is -3.04. The van der Waals surface area contributed by atoms with Crippen molar-refractivity contribution in [1.82, 2.24) is 10.0 Å². The number of nitrogens with one attached hydrogen (secondary N) is 2. The molecule has 0 radical (unpaired) electrons. The third-order valence-corrected chi connectivity index (χ3v) is 5.05. The Morgan fingerprint density at radius 3 is 2.81 bits per heavy atom. The minimum absolute atomic E-state index is 0.0116. The Hall–Kier alpha value is -0.170. The van der Waals surface area contributed by atoms with E-state index in [1.54, 1.807) is 6.92 Å². The molecule has 5 nitrogen and oxygen atoms in total. The fourth-order valence-electron chi connectivity index (χ4n) is 2.45. The van der Waals surface area contributed by atoms with Gasteiger partial charge in [-0.3, -0.25) is 0 Å². The number of hydrogen-bond donors (Lipinski definition) is 2. The zero-order valence-electron chi connectivity index (χ0n) is 9.66. The Labute approximate surface area is 97.0 Å². The SMILES string of the molecule is CCS(=O)(=O)NCCC1CCOC12CNC2. The molecule has 0 aromatic rings. The largest absolute Gasteiger partial charge is 0.372 e. The van der Waals surface area contributed by atoms with E-state index in [4.69, 9.17) is 4.74 Å². The Bertz CT molecular complexity index is 338. The number of ether oxygens (including phenoxy) is 1. The Morgan fingerprint density at radius 1 is 1.50 bits per heavy atom. The van der Waals surface area contributed by atoms with Gasteiger partial charge in [0.05, 0.1) is 11.4 Å². The first-order valence-corrected chi connectivity index (χ1v) is 7.55. The van der Waals surface area contributed by atoms with Crippen LogP contribution >= 0.6 is 0 Å². The summed E-state index contributed by atoms with van der Waals surface area (Å²) in [5, 5.41) is 3.23. The first-order valence-electron chi connectivity index (χ1n) is 5.90. The lowest BCUT2D eigenvalue weighted by atomic mass is 9.80. The molecule has 16 heavy (non-hydrogen) atoms. The Balaban J connectivity index is 1.78. The molecule has 0 aromatic carbocycles. The second-order valence-corrected chi connectivity index (χ2v) is 6.68. The smallest absolute Gasteiger partial charge is 0.211 e. The lowest BCUT2D eigenvalue weighted by Crippen LogP contribution is -2.62. The van der Waals surface area contributed by atoms with E-state index in [0.29, 0.717) is 12.5 Å². The Kier molecular flexibility index (Phi) is 3.53. The van der Waals surface area contributed by atoms with E-state index in [1.165, 1.54) is 0 Å². The number of rotatable bonds is 5. The minimum Gasteiger partial charge on any atom is -0.372 e. The van der Waals surface area contributed by atoms with Gasteiger partial charge in [-0.25, -0.2) is 13.1 Å². The maximum Gasteiger partial charge on any atom is 0.211 e. The van der Waals surface area contributed by atoms with Crippen LogP contribution in [-0.4, -0.2) is 46.0 Å². The van der Waals surface area contributed by atoms with Crippen LogP contribution in [0.25, 0.3) is 0 Å². The molecule has 1 spiro atoms. The van der Waals surface area contributed by atoms with E-state index in [9.17, 15) is 8.42 Å². The van der Waals surface area contributed by atoms with Crippen molar-refractivity contribution in [2.45, 2.75) is 25.4 Å². The summed E-state index contributed by atoms with van der Waals surface area (Å²) < 4.78 is 30.9. The van der Waals surface area contributed by atoms with Crippen LogP contribution in [-0.2, 0) is 14.8 Å². The summed E-state index contributed by atoms with van der Waals surface area (Å²) in [4.78, 5) is 0. The van der Waals surface area contributed by atoms with Crippen molar-refractivity contribution >= 4 is 10.0 Å². The molecule has 2 aliphatic rings. The summed E-state index contributed by atoms with van der Waals surface area (Å²) >= 11 is 0. The van der Waals surface area contributed by atoms with Crippen LogP contribution in [0.5, 0.6) is 0 Å². The van der Waals surface area contributed by atoms with Gasteiger partial charge >= 0.3 is 0 Å². The average molecular weight is 248 g/mol. The lowest BCUT2D eigenvalue weighted by Gasteiger charge is -2.43. The average Bonchev–Trinajstić information content (AvgIpc) is 2.61. The second-order valence-electron chi connectivity index (χ2n) is 4.59. The lowest BCUT2D eigenvalue weighted by molar-refractivity contribution is -0.0624. The van der Waals surface area contributed by atoms with Gasteiger partial charge < -0.3 is 10.1 Å². The van der Waals surface area contributed by atoms with Gasteiger partial charge in [0, 0.05) is 26.2 Å². The first kappa shape index (κ1) is 12.3. The molecule has 0 aromatic heterocycles. The molecular formula is C10H20N2O3S. The zero-order valence-corrected chi connectivity index (χ0v) is 10.5. The van der Waals surface area contributed by atoms with E-state index < -0.39 is 10.0 Å². The van der Waals surface area contributed by atoms with E-state index in [0.717, 1.165) is 32.5 Å². The molecule has 0 aliphatic carbocycles. The van der Waals surface area contributed by atoms with E-state index in [1.807, 2.05) is 0 Å². The van der Waals surface area contributed by atoms with Crippen molar-refractivity contribution in [2.75, 3.05) is 32.0 Å². The molecule has 2 N–H and O–H groups in total. The third-order valence-electron chi connectivity index (χ3n) is 3.64. The molecule has 2 aliphatic heterocycles. The van der Waals surface area contributed by atoms with Crippen LogP contribution in [0.3, 0.4) is 0 Å². The molecule has 2 saturated heterocycles. The van der Waals surface area contributed by atoms with Gasteiger partial charge in [-0.05, 0) is 25.7 Å². The van der Waals surface area contributed by atoms with Crippen LogP contribution < -0.4 is 10.0 Å².